The maximum atomic E-state index is 12.5. The summed E-state index contributed by atoms with van der Waals surface area (Å²) in [5.41, 5.74) is 8.41. The molecule has 2 aromatic heterocycles. The van der Waals surface area contributed by atoms with E-state index < -0.39 is 0 Å². The van der Waals surface area contributed by atoms with Crippen LogP contribution in [0.5, 0.6) is 0 Å². The summed E-state index contributed by atoms with van der Waals surface area (Å²) in [6, 6.07) is 0. The predicted molar refractivity (Wildman–Crippen MR) is 87.8 cm³/mol. The van der Waals surface area contributed by atoms with Crippen LogP contribution in [0.15, 0.2) is 12.4 Å². The number of nitrogens with zero attached hydrogens (tertiary/aromatic N) is 3. The lowest BCUT2D eigenvalue weighted by Crippen LogP contribution is -2.37. The molecular formula is C15H21N5OS. The molecule has 0 fully saturated rings. The number of hydrogen-bond donors (Lipinski definition) is 2. The maximum absolute atomic E-state index is 12.5. The summed E-state index contributed by atoms with van der Waals surface area (Å²) in [7, 11) is 1.92. The quantitative estimate of drug-likeness (QED) is 0.891. The van der Waals surface area contributed by atoms with E-state index >= 15 is 0 Å². The Morgan fingerprint density at radius 1 is 1.55 bits per heavy atom. The Labute approximate surface area is 133 Å². The van der Waals surface area contributed by atoms with Gasteiger partial charge in [-0.15, -0.1) is 11.3 Å². The van der Waals surface area contributed by atoms with Crippen LogP contribution >= 0.6 is 11.3 Å². The molecule has 3 heterocycles. The minimum atomic E-state index is 0.139. The number of nitrogens with one attached hydrogen (secondary N) is 1. The Morgan fingerprint density at radius 2 is 2.36 bits per heavy atom. The van der Waals surface area contributed by atoms with Gasteiger partial charge in [-0.25, -0.2) is 4.98 Å². The van der Waals surface area contributed by atoms with Crippen LogP contribution in [0.4, 0.5) is 5.00 Å². The minimum Gasteiger partial charge on any atom is -0.380 e. The van der Waals surface area contributed by atoms with Gasteiger partial charge in [0.2, 0.25) is 5.91 Å². The van der Waals surface area contributed by atoms with Gasteiger partial charge in [-0.05, 0) is 18.9 Å². The molecule has 0 saturated heterocycles. The zero-order chi connectivity index (χ0) is 15.7. The highest BCUT2D eigenvalue weighted by atomic mass is 32.1. The molecule has 1 aliphatic heterocycles. The Balaban J connectivity index is 1.75. The van der Waals surface area contributed by atoms with Gasteiger partial charge in [-0.1, -0.05) is 0 Å². The van der Waals surface area contributed by atoms with Gasteiger partial charge < -0.3 is 20.5 Å². The first-order valence-electron chi connectivity index (χ1n) is 7.40. The van der Waals surface area contributed by atoms with E-state index in [1.54, 1.807) is 17.5 Å². The fourth-order valence-corrected chi connectivity index (χ4v) is 4.16. The second kappa shape index (κ2) is 6.10. The van der Waals surface area contributed by atoms with E-state index in [1.165, 1.54) is 16.0 Å². The third-order valence-electron chi connectivity index (χ3n) is 4.18. The Bertz CT molecular complexity index is 690. The van der Waals surface area contributed by atoms with Crippen molar-refractivity contribution in [3.63, 3.8) is 0 Å². The smallest absolute Gasteiger partial charge is 0.242 e. The molecule has 3 rings (SSSR count). The minimum absolute atomic E-state index is 0.139. The fraction of sp³-hybridized carbons (Fsp3) is 0.467. The Morgan fingerprint density at radius 3 is 3.00 bits per heavy atom. The van der Waals surface area contributed by atoms with E-state index in [0.29, 0.717) is 19.6 Å². The van der Waals surface area contributed by atoms with E-state index in [2.05, 4.69) is 10.3 Å². The summed E-state index contributed by atoms with van der Waals surface area (Å²) < 4.78 is 1.89. The van der Waals surface area contributed by atoms with E-state index in [9.17, 15) is 4.79 Å². The first-order valence-corrected chi connectivity index (χ1v) is 8.22. The zero-order valence-electron chi connectivity index (χ0n) is 12.9. The second-order valence-electron chi connectivity index (χ2n) is 5.43. The molecule has 0 aliphatic carbocycles. The average molecular weight is 319 g/mol. The Hall–Kier alpha value is -1.86. The number of amides is 1. The third kappa shape index (κ3) is 2.62. The van der Waals surface area contributed by atoms with Crippen molar-refractivity contribution in [2.24, 2.45) is 5.73 Å². The summed E-state index contributed by atoms with van der Waals surface area (Å²) in [6.45, 7) is 4.25. The van der Waals surface area contributed by atoms with E-state index in [1.807, 2.05) is 29.6 Å². The molecule has 3 N–H and O–H groups in total. The number of hydrogen-bond acceptors (Lipinski definition) is 5. The largest absolute Gasteiger partial charge is 0.380 e. The molecule has 0 aromatic carbocycles. The van der Waals surface area contributed by atoms with Crippen molar-refractivity contribution in [3.8, 4) is 0 Å². The van der Waals surface area contributed by atoms with Gasteiger partial charge in [-0.2, -0.15) is 0 Å². The molecule has 1 aliphatic rings. The van der Waals surface area contributed by atoms with Crippen LogP contribution in [-0.4, -0.2) is 34.0 Å². The number of nitrogens with two attached hydrogens (primary N) is 1. The molecule has 118 valence electrons. The summed E-state index contributed by atoms with van der Waals surface area (Å²) in [6.07, 6.45) is 4.46. The predicted octanol–water partition coefficient (Wildman–Crippen LogP) is 1.34. The van der Waals surface area contributed by atoms with Crippen LogP contribution < -0.4 is 11.1 Å². The van der Waals surface area contributed by atoms with Gasteiger partial charge in [0.1, 0.15) is 12.4 Å². The van der Waals surface area contributed by atoms with Crippen molar-refractivity contribution in [3.05, 3.63) is 34.2 Å². The van der Waals surface area contributed by atoms with Crippen LogP contribution in [0.1, 0.15) is 21.8 Å². The van der Waals surface area contributed by atoms with Crippen molar-refractivity contribution in [1.29, 1.82) is 0 Å². The van der Waals surface area contributed by atoms with Crippen LogP contribution in [0.3, 0.4) is 0 Å². The SMILES string of the molecule is CNc1sc2c(c1CN)CCN(C(=O)Cn1ccnc1C)C2. The standard InChI is InChI=1S/C15H21N5OS/c1-10-18-4-6-19(10)9-14(21)20-5-3-11-12(7-16)15(17-2)22-13(11)8-20/h4,6,17H,3,5,7-9,16H2,1-2H3. The topological polar surface area (TPSA) is 76.2 Å². The number of carbonyl (C=O) groups is 1. The molecule has 2 aromatic rings. The molecule has 0 bridgehead atoms. The van der Waals surface area contributed by atoms with Gasteiger partial charge in [0.25, 0.3) is 0 Å². The lowest BCUT2D eigenvalue weighted by molar-refractivity contribution is -0.132. The number of thiophene rings is 1. The highest BCUT2D eigenvalue weighted by molar-refractivity contribution is 7.16. The average Bonchev–Trinajstić information content (AvgIpc) is 3.09. The van der Waals surface area contributed by atoms with Crippen molar-refractivity contribution in [1.82, 2.24) is 14.5 Å². The second-order valence-corrected chi connectivity index (χ2v) is 6.54. The molecule has 7 heteroatoms. The van der Waals surface area contributed by atoms with Crippen LogP contribution in [0.2, 0.25) is 0 Å². The molecule has 0 saturated carbocycles. The Kier molecular flexibility index (Phi) is 4.17. The first kappa shape index (κ1) is 15.1. The monoisotopic (exact) mass is 319 g/mol. The highest BCUT2D eigenvalue weighted by Gasteiger charge is 2.26. The number of aromatic nitrogens is 2. The summed E-state index contributed by atoms with van der Waals surface area (Å²) >= 11 is 1.71. The molecule has 22 heavy (non-hydrogen) atoms. The third-order valence-corrected chi connectivity index (χ3v) is 5.46. The number of fused-ring (bicyclic) bond motifs is 1. The summed E-state index contributed by atoms with van der Waals surface area (Å²) in [5.74, 6) is 1.01. The lowest BCUT2D eigenvalue weighted by Gasteiger charge is -2.27. The van der Waals surface area contributed by atoms with Crippen molar-refractivity contribution in [2.75, 3.05) is 18.9 Å². The number of rotatable bonds is 4. The van der Waals surface area contributed by atoms with Gasteiger partial charge in [0.15, 0.2) is 0 Å². The lowest BCUT2D eigenvalue weighted by atomic mass is 10.0. The number of imidazole rings is 1. The maximum Gasteiger partial charge on any atom is 0.242 e. The van der Waals surface area contributed by atoms with Gasteiger partial charge in [0.05, 0.1) is 11.5 Å². The first-order chi connectivity index (χ1) is 10.6. The van der Waals surface area contributed by atoms with Gasteiger partial charge >= 0.3 is 0 Å². The zero-order valence-corrected chi connectivity index (χ0v) is 13.7. The molecule has 0 spiro atoms. The molecule has 6 nitrogen and oxygen atoms in total. The molecular weight excluding hydrogens is 298 g/mol. The number of anilines is 1. The van der Waals surface area contributed by atoms with Crippen molar-refractivity contribution < 1.29 is 4.79 Å². The fourth-order valence-electron chi connectivity index (χ4n) is 2.92. The summed E-state index contributed by atoms with van der Waals surface area (Å²) in [4.78, 5) is 19.8. The van der Waals surface area contributed by atoms with Crippen molar-refractivity contribution in [2.45, 2.75) is 33.0 Å². The van der Waals surface area contributed by atoms with E-state index in [4.69, 9.17) is 5.73 Å². The van der Waals surface area contributed by atoms with Gasteiger partial charge in [0, 0.05) is 43.0 Å². The van der Waals surface area contributed by atoms with Crippen LogP contribution in [-0.2, 0) is 30.8 Å². The van der Waals surface area contributed by atoms with Crippen LogP contribution in [0, 0.1) is 6.92 Å². The van der Waals surface area contributed by atoms with Crippen LogP contribution in [0.25, 0.3) is 0 Å². The number of aryl methyl sites for hydroxylation is 1. The molecule has 0 unspecified atom stereocenters. The molecule has 1 amide bonds. The number of carbonyl (C=O) groups excluding carboxylic acids is 1. The van der Waals surface area contributed by atoms with Crippen molar-refractivity contribution >= 4 is 22.2 Å². The summed E-state index contributed by atoms with van der Waals surface area (Å²) in [5, 5.41) is 4.35. The van der Waals surface area contributed by atoms with E-state index in [-0.39, 0.29) is 5.91 Å². The highest BCUT2D eigenvalue weighted by Crippen LogP contribution is 2.36. The molecule has 0 radical (unpaired) electrons. The van der Waals surface area contributed by atoms with E-state index in [0.717, 1.165) is 23.8 Å². The normalized spacial score (nSPS) is 14.0. The van der Waals surface area contributed by atoms with Gasteiger partial charge in [-0.3, -0.25) is 4.79 Å². The molecule has 0 atom stereocenters.